The van der Waals surface area contributed by atoms with Gasteiger partial charge in [0.1, 0.15) is 0 Å². The standard InChI is InChI=1S/C14H11N3O/c1-10-13(3-2-8-16-10)14(18)17-12-6-4-11(9-15)5-7-12/h2-8H,1H3,(H,17,18). The van der Waals surface area contributed by atoms with Crippen molar-refractivity contribution in [3.8, 4) is 6.07 Å². The number of carbonyl (C=O) groups excluding carboxylic acids is 1. The molecule has 4 nitrogen and oxygen atoms in total. The zero-order chi connectivity index (χ0) is 13.0. The van der Waals surface area contributed by atoms with Crippen LogP contribution in [0.2, 0.25) is 0 Å². The molecule has 4 heteroatoms. The number of aryl methyl sites for hydroxylation is 1. The van der Waals surface area contributed by atoms with Crippen molar-refractivity contribution in [2.45, 2.75) is 6.92 Å². The van der Waals surface area contributed by atoms with E-state index in [1.54, 1.807) is 49.5 Å². The minimum atomic E-state index is -0.203. The van der Waals surface area contributed by atoms with Crippen LogP contribution < -0.4 is 5.32 Å². The van der Waals surface area contributed by atoms with E-state index in [1.165, 1.54) is 0 Å². The SMILES string of the molecule is Cc1ncccc1C(=O)Nc1ccc(C#N)cc1. The normalized spacial score (nSPS) is 9.56. The Labute approximate surface area is 105 Å². The summed E-state index contributed by atoms with van der Waals surface area (Å²) < 4.78 is 0. The highest BCUT2D eigenvalue weighted by atomic mass is 16.1. The van der Waals surface area contributed by atoms with E-state index in [2.05, 4.69) is 10.3 Å². The van der Waals surface area contributed by atoms with Crippen molar-refractivity contribution >= 4 is 11.6 Å². The highest BCUT2D eigenvalue weighted by Crippen LogP contribution is 2.12. The van der Waals surface area contributed by atoms with Crippen LogP contribution in [0, 0.1) is 18.3 Å². The Morgan fingerprint density at radius 1 is 1.28 bits per heavy atom. The smallest absolute Gasteiger partial charge is 0.257 e. The van der Waals surface area contributed by atoms with Crippen molar-refractivity contribution in [1.29, 1.82) is 5.26 Å². The molecule has 1 aromatic carbocycles. The second kappa shape index (κ2) is 5.11. The van der Waals surface area contributed by atoms with E-state index >= 15 is 0 Å². The van der Waals surface area contributed by atoms with Crippen molar-refractivity contribution in [2.75, 3.05) is 5.32 Å². The van der Waals surface area contributed by atoms with E-state index in [-0.39, 0.29) is 5.91 Å². The number of hydrogen-bond acceptors (Lipinski definition) is 3. The highest BCUT2D eigenvalue weighted by Gasteiger charge is 2.09. The maximum Gasteiger partial charge on any atom is 0.257 e. The number of benzene rings is 1. The van der Waals surface area contributed by atoms with Crippen molar-refractivity contribution in [3.05, 3.63) is 59.4 Å². The van der Waals surface area contributed by atoms with Crippen LogP contribution in [0.4, 0.5) is 5.69 Å². The second-order valence-corrected chi connectivity index (χ2v) is 3.78. The second-order valence-electron chi connectivity index (χ2n) is 3.78. The molecule has 88 valence electrons. The summed E-state index contributed by atoms with van der Waals surface area (Å²) in [5.41, 5.74) is 2.44. The monoisotopic (exact) mass is 237 g/mol. The van der Waals surface area contributed by atoms with Crippen molar-refractivity contribution in [2.24, 2.45) is 0 Å². The summed E-state index contributed by atoms with van der Waals surface area (Å²) >= 11 is 0. The molecule has 0 saturated carbocycles. The minimum absolute atomic E-state index is 0.203. The molecule has 0 fully saturated rings. The first-order valence-corrected chi connectivity index (χ1v) is 5.44. The van der Waals surface area contributed by atoms with Gasteiger partial charge in [-0.05, 0) is 43.3 Å². The number of amides is 1. The lowest BCUT2D eigenvalue weighted by Crippen LogP contribution is -2.13. The number of carbonyl (C=O) groups is 1. The van der Waals surface area contributed by atoms with Crippen LogP contribution in [0.1, 0.15) is 21.6 Å². The van der Waals surface area contributed by atoms with Gasteiger partial charge in [0.2, 0.25) is 0 Å². The Kier molecular flexibility index (Phi) is 3.35. The van der Waals surface area contributed by atoms with Gasteiger partial charge in [-0.2, -0.15) is 5.26 Å². The fraction of sp³-hybridized carbons (Fsp3) is 0.0714. The van der Waals surface area contributed by atoms with Crippen LogP contribution in [0.25, 0.3) is 0 Å². The molecule has 0 aliphatic rings. The molecule has 0 unspecified atom stereocenters. The summed E-state index contributed by atoms with van der Waals surface area (Å²) in [6.07, 6.45) is 1.65. The van der Waals surface area contributed by atoms with E-state index in [0.717, 1.165) is 0 Å². The fourth-order valence-corrected chi connectivity index (χ4v) is 1.55. The molecule has 2 rings (SSSR count). The molecular formula is C14H11N3O. The lowest BCUT2D eigenvalue weighted by atomic mass is 10.2. The number of anilines is 1. The molecule has 1 N–H and O–H groups in total. The number of pyridine rings is 1. The fourth-order valence-electron chi connectivity index (χ4n) is 1.55. The average Bonchev–Trinajstić information content (AvgIpc) is 2.40. The predicted octanol–water partition coefficient (Wildman–Crippen LogP) is 2.51. The predicted molar refractivity (Wildman–Crippen MR) is 68.1 cm³/mol. The molecule has 0 spiro atoms. The first-order valence-electron chi connectivity index (χ1n) is 5.44. The van der Waals surface area contributed by atoms with Gasteiger partial charge in [-0.1, -0.05) is 0 Å². The Morgan fingerprint density at radius 2 is 2.00 bits per heavy atom. The van der Waals surface area contributed by atoms with Crippen LogP contribution in [-0.4, -0.2) is 10.9 Å². The van der Waals surface area contributed by atoms with Gasteiger partial charge in [0.25, 0.3) is 5.91 Å². The Balaban J connectivity index is 2.17. The van der Waals surface area contributed by atoms with Gasteiger partial charge in [-0.15, -0.1) is 0 Å². The van der Waals surface area contributed by atoms with Crippen LogP contribution in [0.5, 0.6) is 0 Å². The van der Waals surface area contributed by atoms with Crippen LogP contribution in [-0.2, 0) is 0 Å². The molecule has 0 atom stereocenters. The maximum absolute atomic E-state index is 12.0. The van der Waals surface area contributed by atoms with Crippen LogP contribution in [0.3, 0.4) is 0 Å². The van der Waals surface area contributed by atoms with E-state index in [4.69, 9.17) is 5.26 Å². The van der Waals surface area contributed by atoms with Crippen molar-refractivity contribution in [3.63, 3.8) is 0 Å². The zero-order valence-electron chi connectivity index (χ0n) is 9.84. The maximum atomic E-state index is 12.0. The summed E-state index contributed by atoms with van der Waals surface area (Å²) in [4.78, 5) is 16.0. The van der Waals surface area contributed by atoms with E-state index in [0.29, 0.717) is 22.5 Å². The van der Waals surface area contributed by atoms with Crippen molar-refractivity contribution in [1.82, 2.24) is 4.98 Å². The van der Waals surface area contributed by atoms with E-state index < -0.39 is 0 Å². The largest absolute Gasteiger partial charge is 0.322 e. The summed E-state index contributed by atoms with van der Waals surface area (Å²) in [6, 6.07) is 12.2. The van der Waals surface area contributed by atoms with Gasteiger partial charge in [-0.3, -0.25) is 9.78 Å². The Morgan fingerprint density at radius 3 is 2.61 bits per heavy atom. The van der Waals surface area contributed by atoms with Gasteiger partial charge >= 0.3 is 0 Å². The first kappa shape index (κ1) is 11.8. The summed E-state index contributed by atoms with van der Waals surface area (Å²) in [7, 11) is 0. The molecular weight excluding hydrogens is 226 g/mol. The lowest BCUT2D eigenvalue weighted by Gasteiger charge is -2.06. The number of nitrogens with one attached hydrogen (secondary N) is 1. The number of nitriles is 1. The van der Waals surface area contributed by atoms with E-state index in [9.17, 15) is 4.79 Å². The number of nitrogens with zero attached hydrogens (tertiary/aromatic N) is 2. The number of hydrogen-bond donors (Lipinski definition) is 1. The molecule has 1 heterocycles. The summed E-state index contributed by atoms with van der Waals surface area (Å²) in [6.45, 7) is 1.79. The molecule has 18 heavy (non-hydrogen) atoms. The summed E-state index contributed by atoms with van der Waals surface area (Å²) in [5, 5.41) is 11.4. The quantitative estimate of drug-likeness (QED) is 0.872. The number of aromatic nitrogens is 1. The zero-order valence-corrected chi connectivity index (χ0v) is 9.84. The average molecular weight is 237 g/mol. The molecule has 0 radical (unpaired) electrons. The molecule has 1 amide bonds. The third-order valence-corrected chi connectivity index (χ3v) is 2.52. The Hall–Kier alpha value is -2.67. The third kappa shape index (κ3) is 2.53. The lowest BCUT2D eigenvalue weighted by molar-refractivity contribution is 0.102. The molecule has 2 aromatic rings. The third-order valence-electron chi connectivity index (χ3n) is 2.52. The molecule has 0 bridgehead atoms. The van der Waals surface area contributed by atoms with Crippen LogP contribution >= 0.6 is 0 Å². The molecule has 1 aromatic heterocycles. The molecule has 0 aliphatic carbocycles. The molecule has 0 aliphatic heterocycles. The van der Waals surface area contributed by atoms with Gasteiger partial charge < -0.3 is 5.32 Å². The first-order chi connectivity index (χ1) is 8.70. The number of rotatable bonds is 2. The van der Waals surface area contributed by atoms with Gasteiger partial charge in [0.05, 0.1) is 17.2 Å². The van der Waals surface area contributed by atoms with Gasteiger partial charge in [-0.25, -0.2) is 0 Å². The van der Waals surface area contributed by atoms with Crippen molar-refractivity contribution < 1.29 is 4.79 Å². The van der Waals surface area contributed by atoms with Gasteiger partial charge in [0, 0.05) is 17.6 Å². The van der Waals surface area contributed by atoms with E-state index in [1.807, 2.05) is 6.07 Å². The summed E-state index contributed by atoms with van der Waals surface area (Å²) in [5.74, 6) is -0.203. The van der Waals surface area contributed by atoms with Crippen LogP contribution in [0.15, 0.2) is 42.6 Å². The minimum Gasteiger partial charge on any atom is -0.322 e. The topological polar surface area (TPSA) is 65.8 Å². The Bertz CT molecular complexity index is 612. The molecule has 0 saturated heterocycles. The van der Waals surface area contributed by atoms with Gasteiger partial charge in [0.15, 0.2) is 0 Å². The highest BCUT2D eigenvalue weighted by molar-refractivity contribution is 6.04.